The van der Waals surface area contributed by atoms with Crippen molar-refractivity contribution < 1.29 is 8.42 Å². The van der Waals surface area contributed by atoms with Gasteiger partial charge in [-0.05, 0) is 28.8 Å². The average Bonchev–Trinajstić information content (AvgIpc) is 2.69. The zero-order valence-corrected chi connectivity index (χ0v) is 13.5. The Bertz CT molecular complexity index is 580. The van der Waals surface area contributed by atoms with E-state index < -0.39 is 16.1 Å². The van der Waals surface area contributed by atoms with Crippen LogP contribution in [0.25, 0.3) is 0 Å². The summed E-state index contributed by atoms with van der Waals surface area (Å²) in [6.45, 7) is 0.405. The molecule has 2 N–H and O–H groups in total. The first kappa shape index (κ1) is 14.8. The molecule has 1 aromatic heterocycles. The molecule has 0 spiro atoms. The van der Waals surface area contributed by atoms with Crippen LogP contribution in [0.1, 0.15) is 19.3 Å². The second-order valence-electron chi connectivity index (χ2n) is 4.34. The number of hydrogen-bond acceptors (Lipinski definition) is 5. The van der Waals surface area contributed by atoms with Gasteiger partial charge >= 0.3 is 0 Å². The number of hydrogen-bond donors (Lipinski definition) is 1. The summed E-state index contributed by atoms with van der Waals surface area (Å²) < 4.78 is 28.1. The maximum Gasteiger partial charge on any atom is 0.263 e. The quantitative estimate of drug-likeness (QED) is 0.777. The van der Waals surface area contributed by atoms with Crippen LogP contribution >= 0.6 is 28.1 Å². The third kappa shape index (κ3) is 2.67. The summed E-state index contributed by atoms with van der Waals surface area (Å²) in [5.41, 5.74) is 5.66. The van der Waals surface area contributed by atoms with Crippen LogP contribution in [0, 0.1) is 0 Å². The van der Waals surface area contributed by atoms with E-state index in [2.05, 4.69) is 26.2 Å². The van der Waals surface area contributed by atoms with E-state index in [1.54, 1.807) is 0 Å². The first-order valence-corrected chi connectivity index (χ1v) is 8.36. The standard InChI is InChI=1S/C9H14BrN5O2S2/c1-14-9(7(10)12-13-14)19(16,17)15-5-3-2-4-6(15)8(11)18/h6H,2-5H2,1H3,(H2,11,18). The summed E-state index contributed by atoms with van der Waals surface area (Å²) in [6.07, 6.45) is 2.36. The number of sulfonamides is 1. The fourth-order valence-corrected chi connectivity index (χ4v) is 5.21. The van der Waals surface area contributed by atoms with E-state index in [0.29, 0.717) is 13.0 Å². The van der Waals surface area contributed by atoms with Gasteiger partial charge in [0, 0.05) is 13.6 Å². The van der Waals surface area contributed by atoms with E-state index in [-0.39, 0.29) is 14.6 Å². The number of thiocarbonyl (C=S) groups is 1. The molecular weight excluding hydrogens is 354 g/mol. The first-order valence-electron chi connectivity index (χ1n) is 5.72. The first-order chi connectivity index (χ1) is 8.85. The molecule has 1 atom stereocenters. The van der Waals surface area contributed by atoms with E-state index in [9.17, 15) is 8.42 Å². The number of piperidine rings is 1. The van der Waals surface area contributed by atoms with Crippen LogP contribution in [0.5, 0.6) is 0 Å². The monoisotopic (exact) mass is 367 g/mol. The Morgan fingerprint density at radius 2 is 2.21 bits per heavy atom. The lowest BCUT2D eigenvalue weighted by molar-refractivity contribution is 0.304. The molecule has 1 aliphatic rings. The van der Waals surface area contributed by atoms with E-state index in [0.717, 1.165) is 12.8 Å². The third-order valence-corrected chi connectivity index (χ3v) is 6.14. The van der Waals surface area contributed by atoms with E-state index in [1.165, 1.54) is 16.0 Å². The summed E-state index contributed by atoms with van der Waals surface area (Å²) in [4.78, 5) is 0.203. The SMILES string of the molecule is Cn1nnc(Br)c1S(=O)(=O)N1CCCCC1C(N)=S. The molecule has 106 valence electrons. The lowest BCUT2D eigenvalue weighted by Crippen LogP contribution is -2.50. The van der Waals surface area contributed by atoms with Gasteiger partial charge in [-0.1, -0.05) is 23.9 Å². The van der Waals surface area contributed by atoms with Crippen LogP contribution < -0.4 is 5.73 Å². The molecule has 2 heterocycles. The van der Waals surface area contributed by atoms with Gasteiger partial charge in [0.05, 0.1) is 11.0 Å². The van der Waals surface area contributed by atoms with Gasteiger partial charge in [-0.2, -0.15) is 4.31 Å². The van der Waals surface area contributed by atoms with Crippen LogP contribution in [-0.2, 0) is 17.1 Å². The van der Waals surface area contributed by atoms with Crippen molar-refractivity contribution in [2.24, 2.45) is 12.8 Å². The number of nitrogens with zero attached hydrogens (tertiary/aromatic N) is 4. The molecule has 0 radical (unpaired) electrons. The lowest BCUT2D eigenvalue weighted by Gasteiger charge is -2.33. The van der Waals surface area contributed by atoms with Gasteiger partial charge in [0.25, 0.3) is 10.0 Å². The summed E-state index contributed by atoms with van der Waals surface area (Å²) in [5, 5.41) is 7.43. The normalized spacial score (nSPS) is 21.5. The van der Waals surface area contributed by atoms with Gasteiger partial charge < -0.3 is 5.73 Å². The minimum atomic E-state index is -3.72. The Morgan fingerprint density at radius 3 is 2.74 bits per heavy atom. The molecule has 10 heteroatoms. The van der Waals surface area contributed by atoms with Crippen LogP contribution in [0.3, 0.4) is 0 Å². The van der Waals surface area contributed by atoms with Crippen molar-refractivity contribution in [2.45, 2.75) is 30.3 Å². The molecule has 0 aromatic carbocycles. The molecule has 0 aliphatic carbocycles. The predicted molar refractivity (Wildman–Crippen MR) is 77.0 cm³/mol. The van der Waals surface area contributed by atoms with Gasteiger partial charge in [0.15, 0.2) is 4.60 Å². The van der Waals surface area contributed by atoms with E-state index in [4.69, 9.17) is 18.0 Å². The number of halogens is 1. The Hall–Kier alpha value is -0.580. The Balaban J connectivity index is 2.46. The van der Waals surface area contributed by atoms with Crippen molar-refractivity contribution in [3.63, 3.8) is 0 Å². The highest BCUT2D eigenvalue weighted by atomic mass is 79.9. The molecule has 19 heavy (non-hydrogen) atoms. The molecule has 1 saturated heterocycles. The predicted octanol–water partition coefficient (Wildman–Crippen LogP) is 0.407. The Labute approximate surface area is 125 Å². The van der Waals surface area contributed by atoms with Crippen molar-refractivity contribution in [3.05, 3.63) is 4.60 Å². The highest BCUT2D eigenvalue weighted by molar-refractivity contribution is 9.10. The van der Waals surface area contributed by atoms with Crippen LogP contribution in [0.2, 0.25) is 0 Å². The number of aromatic nitrogens is 3. The molecule has 1 aromatic rings. The maximum atomic E-state index is 12.7. The lowest BCUT2D eigenvalue weighted by atomic mass is 10.1. The summed E-state index contributed by atoms with van der Waals surface area (Å²) in [6, 6.07) is -0.435. The Kier molecular flexibility index (Phi) is 4.23. The van der Waals surface area contributed by atoms with E-state index >= 15 is 0 Å². The molecule has 0 amide bonds. The topological polar surface area (TPSA) is 94.1 Å². The summed E-state index contributed by atoms with van der Waals surface area (Å²) >= 11 is 8.09. The van der Waals surface area contributed by atoms with Gasteiger partial charge in [-0.3, -0.25) is 0 Å². The maximum absolute atomic E-state index is 12.7. The zero-order chi connectivity index (χ0) is 14.2. The number of aryl methyl sites for hydroxylation is 1. The molecule has 0 saturated carbocycles. The van der Waals surface area contributed by atoms with Crippen molar-refractivity contribution >= 4 is 43.2 Å². The molecule has 1 aliphatic heterocycles. The number of nitrogens with two attached hydrogens (primary N) is 1. The van der Waals surface area contributed by atoms with Gasteiger partial charge in [-0.15, -0.1) is 5.10 Å². The zero-order valence-electron chi connectivity index (χ0n) is 10.3. The van der Waals surface area contributed by atoms with Crippen molar-refractivity contribution in [2.75, 3.05) is 6.54 Å². The molecule has 1 unspecified atom stereocenters. The summed E-state index contributed by atoms with van der Waals surface area (Å²) in [7, 11) is -2.19. The molecule has 0 bridgehead atoms. The van der Waals surface area contributed by atoms with Crippen molar-refractivity contribution in [3.8, 4) is 0 Å². The molecule has 2 rings (SSSR count). The van der Waals surface area contributed by atoms with Crippen LogP contribution in [0.15, 0.2) is 9.63 Å². The minimum Gasteiger partial charge on any atom is -0.392 e. The van der Waals surface area contributed by atoms with Gasteiger partial charge in [0.2, 0.25) is 5.03 Å². The minimum absolute atomic E-state index is 0.0237. The second-order valence-corrected chi connectivity index (χ2v) is 7.37. The average molecular weight is 368 g/mol. The third-order valence-electron chi connectivity index (χ3n) is 3.07. The molecule has 7 nitrogen and oxygen atoms in total. The largest absolute Gasteiger partial charge is 0.392 e. The van der Waals surface area contributed by atoms with Crippen LogP contribution in [-0.4, -0.2) is 45.3 Å². The molecular formula is C9H14BrN5O2S2. The second kappa shape index (κ2) is 5.43. The summed E-state index contributed by atoms with van der Waals surface area (Å²) in [5.74, 6) is 0. The Morgan fingerprint density at radius 1 is 1.53 bits per heavy atom. The number of rotatable bonds is 3. The van der Waals surface area contributed by atoms with Crippen molar-refractivity contribution in [1.82, 2.24) is 19.3 Å². The van der Waals surface area contributed by atoms with E-state index in [1.807, 2.05) is 0 Å². The van der Waals surface area contributed by atoms with Gasteiger partial charge in [-0.25, -0.2) is 13.1 Å². The fraction of sp³-hybridized carbons (Fsp3) is 0.667. The van der Waals surface area contributed by atoms with Gasteiger partial charge in [0.1, 0.15) is 0 Å². The molecule has 1 fully saturated rings. The van der Waals surface area contributed by atoms with Crippen LogP contribution in [0.4, 0.5) is 0 Å². The smallest absolute Gasteiger partial charge is 0.263 e. The highest BCUT2D eigenvalue weighted by Gasteiger charge is 2.38. The highest BCUT2D eigenvalue weighted by Crippen LogP contribution is 2.28. The van der Waals surface area contributed by atoms with Crippen molar-refractivity contribution in [1.29, 1.82) is 0 Å². The fourth-order valence-electron chi connectivity index (χ4n) is 2.18.